The summed E-state index contributed by atoms with van der Waals surface area (Å²) < 4.78 is 40.6. The number of rotatable bonds is 12. The third-order valence-corrected chi connectivity index (χ3v) is 8.66. The molecule has 0 aliphatic rings. The zero-order valence-corrected chi connectivity index (χ0v) is 26.5. The highest BCUT2D eigenvalue weighted by atomic mass is 79.9. The molecule has 0 radical (unpaired) electrons. The molecule has 1 atom stereocenters. The summed E-state index contributed by atoms with van der Waals surface area (Å²) in [6, 6.07) is 17.4. The second-order valence-corrected chi connectivity index (χ2v) is 12.6. The number of amides is 2. The van der Waals surface area contributed by atoms with E-state index in [1.54, 1.807) is 31.2 Å². The van der Waals surface area contributed by atoms with Crippen LogP contribution in [-0.4, -0.2) is 58.0 Å². The Balaban J connectivity index is 2.09. The van der Waals surface area contributed by atoms with Crippen molar-refractivity contribution in [3.05, 3.63) is 82.3 Å². The summed E-state index contributed by atoms with van der Waals surface area (Å²) in [5, 5.41) is 2.84. The molecule has 0 saturated heterocycles. The molecule has 0 bridgehead atoms. The van der Waals surface area contributed by atoms with Crippen LogP contribution in [0, 0.1) is 6.92 Å². The van der Waals surface area contributed by atoms with Crippen LogP contribution in [0.2, 0.25) is 0 Å². The van der Waals surface area contributed by atoms with Gasteiger partial charge in [0.2, 0.25) is 11.8 Å². The van der Waals surface area contributed by atoms with Crippen molar-refractivity contribution in [1.29, 1.82) is 0 Å². The number of nitrogens with one attached hydrogen (secondary N) is 1. The Hall–Kier alpha value is -3.57. The first kappa shape index (κ1) is 32.0. The van der Waals surface area contributed by atoms with E-state index in [0.717, 1.165) is 19.9 Å². The van der Waals surface area contributed by atoms with E-state index < -0.39 is 28.5 Å². The first-order chi connectivity index (χ1) is 19.4. The van der Waals surface area contributed by atoms with E-state index in [2.05, 4.69) is 21.2 Å². The van der Waals surface area contributed by atoms with Crippen LogP contribution in [0.3, 0.4) is 0 Å². The molecule has 3 aromatic rings. The Morgan fingerprint density at radius 1 is 0.927 bits per heavy atom. The molecule has 41 heavy (non-hydrogen) atoms. The van der Waals surface area contributed by atoms with Crippen LogP contribution >= 0.6 is 15.9 Å². The van der Waals surface area contributed by atoms with Gasteiger partial charge in [-0.15, -0.1) is 0 Å². The van der Waals surface area contributed by atoms with Crippen LogP contribution in [0.15, 0.2) is 76.1 Å². The molecule has 0 saturated carbocycles. The largest absolute Gasteiger partial charge is 0.493 e. The van der Waals surface area contributed by atoms with Gasteiger partial charge in [0, 0.05) is 23.1 Å². The van der Waals surface area contributed by atoms with Crippen LogP contribution in [0.25, 0.3) is 0 Å². The fourth-order valence-corrected chi connectivity index (χ4v) is 6.02. The number of anilines is 1. The number of methoxy groups -OCH3 is 2. The van der Waals surface area contributed by atoms with Gasteiger partial charge in [-0.05, 0) is 69.7 Å². The molecule has 1 unspecified atom stereocenters. The smallest absolute Gasteiger partial charge is 0.264 e. The normalized spacial score (nSPS) is 12.0. The van der Waals surface area contributed by atoms with E-state index in [1.165, 1.54) is 37.3 Å². The maximum atomic E-state index is 14.0. The third-order valence-electron chi connectivity index (χ3n) is 6.38. The van der Waals surface area contributed by atoms with Crippen molar-refractivity contribution in [2.45, 2.75) is 51.2 Å². The molecule has 0 heterocycles. The van der Waals surface area contributed by atoms with Crippen molar-refractivity contribution in [3.63, 3.8) is 0 Å². The SMILES string of the molecule is COc1ccc(N(CC(=O)N(Cc2cccc(Br)c2)C(C)C(=O)NC(C)C)S(=O)(=O)c2ccc(C)cc2)cc1OC. The Bertz CT molecular complexity index is 1480. The Morgan fingerprint density at radius 3 is 2.17 bits per heavy atom. The molecule has 3 rings (SSSR count). The summed E-state index contributed by atoms with van der Waals surface area (Å²) in [5.41, 5.74) is 1.87. The second-order valence-electron chi connectivity index (χ2n) is 9.85. The molecule has 1 N–H and O–H groups in total. The lowest BCUT2D eigenvalue weighted by Crippen LogP contribution is -2.52. The van der Waals surface area contributed by atoms with Gasteiger partial charge in [-0.3, -0.25) is 13.9 Å². The lowest BCUT2D eigenvalue weighted by Gasteiger charge is -2.32. The molecule has 0 fully saturated rings. The number of carbonyl (C=O) groups excluding carboxylic acids is 2. The van der Waals surface area contributed by atoms with Gasteiger partial charge in [-0.25, -0.2) is 8.42 Å². The average Bonchev–Trinajstić information content (AvgIpc) is 2.93. The number of halogens is 1. The Kier molecular flexibility index (Phi) is 10.8. The van der Waals surface area contributed by atoms with E-state index in [4.69, 9.17) is 9.47 Å². The molecule has 0 spiro atoms. The molecular weight excluding hydrogens is 610 g/mol. The van der Waals surface area contributed by atoms with Crippen LogP contribution in [-0.2, 0) is 26.2 Å². The molecule has 9 nitrogen and oxygen atoms in total. The maximum Gasteiger partial charge on any atom is 0.264 e. The predicted molar refractivity (Wildman–Crippen MR) is 163 cm³/mol. The fraction of sp³-hybridized carbons (Fsp3) is 0.333. The van der Waals surface area contributed by atoms with Crippen LogP contribution in [0.4, 0.5) is 5.69 Å². The van der Waals surface area contributed by atoms with E-state index in [9.17, 15) is 18.0 Å². The number of aryl methyl sites for hydroxylation is 1. The number of sulfonamides is 1. The molecule has 0 aliphatic heterocycles. The van der Waals surface area contributed by atoms with Crippen molar-refractivity contribution in [3.8, 4) is 11.5 Å². The third kappa shape index (κ3) is 8.01. The highest BCUT2D eigenvalue weighted by Crippen LogP contribution is 2.34. The minimum atomic E-state index is -4.21. The van der Waals surface area contributed by atoms with Gasteiger partial charge in [0.15, 0.2) is 11.5 Å². The van der Waals surface area contributed by atoms with Crippen LogP contribution in [0.1, 0.15) is 31.9 Å². The lowest BCUT2D eigenvalue weighted by molar-refractivity contribution is -0.139. The quantitative estimate of drug-likeness (QED) is 0.300. The molecule has 3 aromatic carbocycles. The van der Waals surface area contributed by atoms with Gasteiger partial charge >= 0.3 is 0 Å². The van der Waals surface area contributed by atoms with Gasteiger partial charge in [-0.2, -0.15) is 0 Å². The fourth-order valence-electron chi connectivity index (χ4n) is 4.17. The van der Waals surface area contributed by atoms with Crippen LogP contribution < -0.4 is 19.1 Å². The van der Waals surface area contributed by atoms with Gasteiger partial charge in [-0.1, -0.05) is 45.8 Å². The van der Waals surface area contributed by atoms with E-state index in [-0.39, 0.29) is 29.1 Å². The summed E-state index contributed by atoms with van der Waals surface area (Å²) in [6.45, 7) is 6.68. The van der Waals surface area contributed by atoms with Gasteiger partial charge < -0.3 is 19.7 Å². The average molecular weight is 647 g/mol. The summed E-state index contributed by atoms with van der Waals surface area (Å²) in [7, 11) is -1.28. The van der Waals surface area contributed by atoms with Crippen LogP contribution in [0.5, 0.6) is 11.5 Å². The number of nitrogens with zero attached hydrogens (tertiary/aromatic N) is 2. The minimum Gasteiger partial charge on any atom is -0.493 e. The Labute approximate surface area is 250 Å². The molecular formula is C30H36BrN3O6S. The van der Waals surface area contributed by atoms with Gasteiger partial charge in [0.05, 0.1) is 24.8 Å². The van der Waals surface area contributed by atoms with Crippen molar-refractivity contribution >= 4 is 43.5 Å². The van der Waals surface area contributed by atoms with E-state index >= 15 is 0 Å². The summed E-state index contributed by atoms with van der Waals surface area (Å²) in [6.07, 6.45) is 0. The first-order valence-corrected chi connectivity index (χ1v) is 15.3. The minimum absolute atomic E-state index is 0.0230. The number of carbonyl (C=O) groups is 2. The van der Waals surface area contributed by atoms with Crippen molar-refractivity contribution in [1.82, 2.24) is 10.2 Å². The first-order valence-electron chi connectivity index (χ1n) is 13.0. The molecule has 11 heteroatoms. The molecule has 220 valence electrons. The topological polar surface area (TPSA) is 105 Å². The highest BCUT2D eigenvalue weighted by Gasteiger charge is 2.33. The standard InChI is InChI=1S/C30H36BrN3O6S/c1-20(2)32-30(36)22(4)33(18-23-8-7-9-24(31)16-23)29(35)19-34(25-12-15-27(39-5)28(17-25)40-6)41(37,38)26-13-10-21(3)11-14-26/h7-17,20,22H,18-19H2,1-6H3,(H,32,36). The lowest BCUT2D eigenvalue weighted by atomic mass is 10.1. The predicted octanol–water partition coefficient (Wildman–Crippen LogP) is 4.91. The number of ether oxygens (including phenoxy) is 2. The number of hydrogen-bond donors (Lipinski definition) is 1. The number of hydrogen-bond acceptors (Lipinski definition) is 6. The molecule has 0 aromatic heterocycles. The van der Waals surface area contributed by atoms with Crippen molar-refractivity contribution in [2.24, 2.45) is 0 Å². The zero-order chi connectivity index (χ0) is 30.3. The van der Waals surface area contributed by atoms with Crippen molar-refractivity contribution in [2.75, 3.05) is 25.1 Å². The summed E-state index contributed by atoms with van der Waals surface area (Å²) in [5.74, 6) is -0.188. The second kappa shape index (κ2) is 13.9. The zero-order valence-electron chi connectivity index (χ0n) is 24.0. The summed E-state index contributed by atoms with van der Waals surface area (Å²) in [4.78, 5) is 28.5. The van der Waals surface area contributed by atoms with Gasteiger partial charge in [0.25, 0.3) is 10.0 Å². The van der Waals surface area contributed by atoms with Crippen molar-refractivity contribution < 1.29 is 27.5 Å². The molecule has 0 aliphatic carbocycles. The van der Waals surface area contributed by atoms with Gasteiger partial charge in [0.1, 0.15) is 12.6 Å². The molecule has 2 amide bonds. The highest BCUT2D eigenvalue weighted by molar-refractivity contribution is 9.10. The number of benzene rings is 3. The summed E-state index contributed by atoms with van der Waals surface area (Å²) >= 11 is 3.45. The van der Waals surface area contributed by atoms with E-state index in [0.29, 0.717) is 11.5 Å². The maximum absolute atomic E-state index is 14.0. The monoisotopic (exact) mass is 645 g/mol. The van der Waals surface area contributed by atoms with E-state index in [1.807, 2.05) is 45.0 Å². The Morgan fingerprint density at radius 2 is 1.59 bits per heavy atom.